The summed E-state index contributed by atoms with van der Waals surface area (Å²) in [4.78, 5) is 29.6. The summed E-state index contributed by atoms with van der Waals surface area (Å²) in [6, 6.07) is 11.5. The highest BCUT2D eigenvalue weighted by molar-refractivity contribution is 6.00. The number of phenols is 1. The quantitative estimate of drug-likeness (QED) is 0.173. The van der Waals surface area contributed by atoms with Crippen LogP contribution in [0.5, 0.6) is 5.75 Å². The number of H-pyrrole nitrogens is 2. The Labute approximate surface area is 240 Å². The third-order valence-electron chi connectivity index (χ3n) is 7.92. The summed E-state index contributed by atoms with van der Waals surface area (Å²) in [5.74, 6) is -0.219. The number of benzene rings is 1. The molecule has 4 N–H and O–H groups in total. The number of aromatic hydroxyl groups is 1. The van der Waals surface area contributed by atoms with E-state index in [4.69, 9.17) is 4.98 Å². The third kappa shape index (κ3) is 5.07. The van der Waals surface area contributed by atoms with Crippen LogP contribution < -0.4 is 5.32 Å². The van der Waals surface area contributed by atoms with Crippen molar-refractivity contribution in [3.63, 3.8) is 0 Å². The van der Waals surface area contributed by atoms with Crippen molar-refractivity contribution in [3.8, 4) is 39.5 Å². The third-order valence-corrected chi connectivity index (χ3v) is 7.92. The van der Waals surface area contributed by atoms with Gasteiger partial charge in [-0.2, -0.15) is 5.10 Å². The van der Waals surface area contributed by atoms with Crippen LogP contribution in [-0.2, 0) is 4.79 Å². The summed E-state index contributed by atoms with van der Waals surface area (Å²) in [7, 11) is 0. The minimum Gasteiger partial charge on any atom is -0.508 e. The average Bonchev–Trinajstić information content (AvgIpc) is 3.61. The van der Waals surface area contributed by atoms with Gasteiger partial charge in [-0.3, -0.25) is 19.9 Å². The minimum absolute atomic E-state index is 0.0162. The molecule has 6 aromatic rings. The zero-order valence-electron chi connectivity index (χ0n) is 22.7. The highest BCUT2D eigenvalue weighted by atomic mass is 19.1. The molecule has 5 aromatic heterocycles. The molecule has 1 aromatic carbocycles. The maximum absolute atomic E-state index is 14.0. The normalized spacial score (nSPS) is 14.0. The molecule has 9 nitrogen and oxygen atoms in total. The Morgan fingerprint density at radius 1 is 0.952 bits per heavy atom. The Morgan fingerprint density at radius 3 is 2.67 bits per heavy atom. The average molecular weight is 562 g/mol. The van der Waals surface area contributed by atoms with Gasteiger partial charge in [0.05, 0.1) is 40.5 Å². The molecule has 0 aliphatic heterocycles. The lowest BCUT2D eigenvalue weighted by atomic mass is 9.87. The number of nitrogens with zero attached hydrogens (tertiary/aromatic N) is 4. The first-order valence-electron chi connectivity index (χ1n) is 14.1. The number of amides is 1. The monoisotopic (exact) mass is 561 g/mol. The van der Waals surface area contributed by atoms with Crippen molar-refractivity contribution in [2.75, 3.05) is 5.32 Å². The molecule has 0 bridgehead atoms. The number of pyridine rings is 3. The van der Waals surface area contributed by atoms with Crippen LogP contribution in [0, 0.1) is 11.7 Å². The van der Waals surface area contributed by atoms with Gasteiger partial charge in [0.15, 0.2) is 0 Å². The zero-order chi connectivity index (χ0) is 28.6. The molecular weight excluding hydrogens is 533 g/mol. The lowest BCUT2D eigenvalue weighted by molar-refractivity contribution is -0.117. The van der Waals surface area contributed by atoms with Crippen molar-refractivity contribution in [3.05, 3.63) is 73.1 Å². The number of hydrogen-bond donors (Lipinski definition) is 4. The van der Waals surface area contributed by atoms with Crippen molar-refractivity contribution >= 4 is 33.5 Å². The fourth-order valence-electron chi connectivity index (χ4n) is 5.90. The van der Waals surface area contributed by atoms with Crippen LogP contribution in [0.2, 0.25) is 0 Å². The first-order valence-corrected chi connectivity index (χ1v) is 14.1. The molecule has 1 fully saturated rings. The van der Waals surface area contributed by atoms with Gasteiger partial charge in [0.2, 0.25) is 5.91 Å². The van der Waals surface area contributed by atoms with Crippen molar-refractivity contribution in [2.45, 2.75) is 38.5 Å². The van der Waals surface area contributed by atoms with Crippen LogP contribution in [0.15, 0.2) is 67.3 Å². The Balaban J connectivity index is 1.20. The Morgan fingerprint density at radius 2 is 1.81 bits per heavy atom. The summed E-state index contributed by atoms with van der Waals surface area (Å²) >= 11 is 0. The van der Waals surface area contributed by atoms with Gasteiger partial charge in [-0.05, 0) is 60.7 Å². The van der Waals surface area contributed by atoms with Crippen LogP contribution in [0.3, 0.4) is 0 Å². The lowest BCUT2D eigenvalue weighted by Gasteiger charge is -2.20. The van der Waals surface area contributed by atoms with Gasteiger partial charge in [-0.1, -0.05) is 19.3 Å². The summed E-state index contributed by atoms with van der Waals surface area (Å²) in [6.07, 6.45) is 13.1. The molecule has 7 rings (SSSR count). The number of fused-ring (bicyclic) bond motifs is 2. The Bertz CT molecular complexity index is 1920. The number of halogens is 1. The first-order chi connectivity index (χ1) is 20.5. The van der Waals surface area contributed by atoms with Crippen LogP contribution in [0.4, 0.5) is 10.1 Å². The number of aromatic amines is 2. The van der Waals surface area contributed by atoms with Crippen molar-refractivity contribution < 1.29 is 14.3 Å². The maximum atomic E-state index is 14.0. The first kappa shape index (κ1) is 25.8. The summed E-state index contributed by atoms with van der Waals surface area (Å²) in [5, 5.41) is 21.3. The van der Waals surface area contributed by atoms with E-state index >= 15 is 0 Å². The number of anilines is 1. The number of rotatable bonds is 6. The molecular formula is C32H28FN7O2. The molecule has 1 amide bonds. The summed E-state index contributed by atoms with van der Waals surface area (Å²) in [5.41, 5.74) is 6.76. The largest absolute Gasteiger partial charge is 0.508 e. The second-order valence-electron chi connectivity index (χ2n) is 10.9. The number of aromatic nitrogens is 6. The van der Waals surface area contributed by atoms with E-state index in [0.717, 1.165) is 40.9 Å². The Kier molecular flexibility index (Phi) is 6.58. The smallest absolute Gasteiger partial charge is 0.224 e. The standard InChI is InChI=1S/C32H28FN7O2/c33-21-9-19(11-23(41)12-21)25-16-35-17-29-24(25)13-28(37-29)32-31-27(39-40-32)7-6-26(38-31)20-10-22(15-34-14-20)36-30(42)8-18-4-2-1-3-5-18/h6-7,9-18,37,41H,1-5,8H2,(H,36,42)(H,39,40). The number of carbonyl (C=O) groups is 1. The molecule has 1 saturated carbocycles. The SMILES string of the molecule is O=C(CC1CCCCC1)Nc1cncc(-c2ccc3[nH]nc(-c4cc5c(-c6cc(O)cc(F)c6)cncc5[nH]4)c3n2)c1. The predicted octanol–water partition coefficient (Wildman–Crippen LogP) is 6.98. The molecule has 0 spiro atoms. The minimum atomic E-state index is -0.532. The molecule has 5 heterocycles. The number of nitrogens with one attached hydrogen (secondary N) is 3. The highest BCUT2D eigenvalue weighted by Crippen LogP contribution is 2.35. The van der Waals surface area contributed by atoms with Gasteiger partial charge >= 0.3 is 0 Å². The van der Waals surface area contributed by atoms with Gasteiger partial charge < -0.3 is 15.4 Å². The van der Waals surface area contributed by atoms with E-state index < -0.39 is 5.82 Å². The van der Waals surface area contributed by atoms with Gasteiger partial charge in [0, 0.05) is 41.4 Å². The summed E-state index contributed by atoms with van der Waals surface area (Å²) < 4.78 is 14.0. The number of hydrogen-bond acceptors (Lipinski definition) is 6. The maximum Gasteiger partial charge on any atom is 0.224 e. The molecule has 0 radical (unpaired) electrons. The molecule has 0 saturated heterocycles. The second kappa shape index (κ2) is 10.7. The predicted molar refractivity (Wildman–Crippen MR) is 159 cm³/mol. The molecule has 10 heteroatoms. The van der Waals surface area contributed by atoms with Gasteiger partial charge in [-0.25, -0.2) is 9.37 Å². The number of phenolic OH excluding ortho intramolecular Hbond substituents is 1. The lowest BCUT2D eigenvalue weighted by Crippen LogP contribution is -2.18. The topological polar surface area (TPSA) is 132 Å². The zero-order valence-corrected chi connectivity index (χ0v) is 22.7. The molecule has 1 aliphatic carbocycles. The Hall–Kier alpha value is -5.12. The fourth-order valence-corrected chi connectivity index (χ4v) is 5.90. The van der Waals surface area contributed by atoms with E-state index in [1.807, 2.05) is 24.3 Å². The summed E-state index contributed by atoms with van der Waals surface area (Å²) in [6.45, 7) is 0. The van der Waals surface area contributed by atoms with E-state index in [-0.39, 0.29) is 11.7 Å². The van der Waals surface area contributed by atoms with Crippen molar-refractivity contribution in [1.29, 1.82) is 0 Å². The van der Waals surface area contributed by atoms with E-state index in [1.54, 1.807) is 24.8 Å². The van der Waals surface area contributed by atoms with E-state index in [2.05, 4.69) is 30.5 Å². The van der Waals surface area contributed by atoms with E-state index in [0.29, 0.717) is 51.8 Å². The molecule has 0 unspecified atom stereocenters. The van der Waals surface area contributed by atoms with E-state index in [9.17, 15) is 14.3 Å². The van der Waals surface area contributed by atoms with Crippen LogP contribution in [0.1, 0.15) is 38.5 Å². The van der Waals surface area contributed by atoms with Gasteiger partial charge in [0.25, 0.3) is 0 Å². The highest BCUT2D eigenvalue weighted by Gasteiger charge is 2.19. The van der Waals surface area contributed by atoms with Crippen LogP contribution in [0.25, 0.3) is 55.7 Å². The van der Waals surface area contributed by atoms with Crippen molar-refractivity contribution in [1.82, 2.24) is 30.1 Å². The fraction of sp³-hybridized carbons (Fsp3) is 0.219. The molecule has 0 atom stereocenters. The van der Waals surface area contributed by atoms with E-state index in [1.165, 1.54) is 31.4 Å². The van der Waals surface area contributed by atoms with Crippen molar-refractivity contribution in [2.24, 2.45) is 5.92 Å². The molecule has 1 aliphatic rings. The van der Waals surface area contributed by atoms with Gasteiger partial charge in [-0.15, -0.1) is 0 Å². The number of carbonyl (C=O) groups excluding carboxylic acids is 1. The molecule has 210 valence electrons. The molecule has 42 heavy (non-hydrogen) atoms. The van der Waals surface area contributed by atoms with Crippen LogP contribution in [-0.4, -0.2) is 41.1 Å². The van der Waals surface area contributed by atoms with Crippen LogP contribution >= 0.6 is 0 Å². The second-order valence-corrected chi connectivity index (χ2v) is 10.9. The van der Waals surface area contributed by atoms with Gasteiger partial charge in [0.1, 0.15) is 22.8 Å².